The maximum absolute atomic E-state index is 12.1. The highest BCUT2D eigenvalue weighted by molar-refractivity contribution is 7.89. The Bertz CT molecular complexity index is 884. The molecule has 0 aromatic carbocycles. The highest BCUT2D eigenvalue weighted by Crippen LogP contribution is 2.11. The second kappa shape index (κ2) is 5.76. The van der Waals surface area contributed by atoms with Crippen LogP contribution in [-0.4, -0.2) is 43.1 Å². The number of hydrogen-bond acceptors (Lipinski definition) is 6. The molecule has 3 N–H and O–H groups in total. The summed E-state index contributed by atoms with van der Waals surface area (Å²) < 4.78 is 27.6. The lowest BCUT2D eigenvalue weighted by molar-refractivity contribution is 0.579. The van der Waals surface area contributed by atoms with Gasteiger partial charge in [0.25, 0.3) is 5.56 Å². The second-order valence-corrected chi connectivity index (χ2v) is 6.13. The topological polar surface area (TPSA) is 126 Å². The Labute approximate surface area is 120 Å². The molecule has 0 spiro atoms. The fraction of sp³-hybridized carbons (Fsp3) is 0.364. The Morgan fingerprint density at radius 2 is 2.05 bits per heavy atom. The number of aromatic nitrogens is 3. The molecule has 114 valence electrons. The molecule has 0 aliphatic carbocycles. The minimum absolute atomic E-state index is 0.0357. The predicted octanol–water partition coefficient (Wildman–Crippen LogP) is -1.88. The molecular formula is C11H15N5O4S. The number of likely N-dealkylation sites (N-methyl/N-ethyl adjacent to an activating group) is 1. The molecule has 0 aliphatic rings. The van der Waals surface area contributed by atoms with E-state index in [4.69, 9.17) is 0 Å². The van der Waals surface area contributed by atoms with Crippen LogP contribution in [0.2, 0.25) is 0 Å². The fourth-order valence-electron chi connectivity index (χ4n) is 1.76. The van der Waals surface area contributed by atoms with Gasteiger partial charge >= 0.3 is 5.69 Å². The van der Waals surface area contributed by atoms with Crippen molar-refractivity contribution < 1.29 is 8.42 Å². The summed E-state index contributed by atoms with van der Waals surface area (Å²) in [6, 6.07) is 1.20. The summed E-state index contributed by atoms with van der Waals surface area (Å²) >= 11 is 0. The average Bonchev–Trinajstić information content (AvgIpc) is 2.44. The second-order valence-electron chi connectivity index (χ2n) is 4.36. The number of fused-ring (bicyclic) bond motifs is 1. The van der Waals surface area contributed by atoms with E-state index < -0.39 is 21.3 Å². The van der Waals surface area contributed by atoms with Gasteiger partial charge in [-0.3, -0.25) is 14.3 Å². The number of pyridine rings is 1. The normalized spacial score (nSPS) is 11.9. The standard InChI is InChI=1S/C11H15N5O4S/c1-12-3-4-14-21(19,20)7-5-8-9(13-6-7)16(2)11(18)15-10(8)17/h5-6,12,14H,3-4H2,1-2H3,(H,15,17,18). The van der Waals surface area contributed by atoms with Crippen molar-refractivity contribution >= 4 is 21.1 Å². The van der Waals surface area contributed by atoms with Gasteiger partial charge in [0, 0.05) is 26.3 Å². The monoisotopic (exact) mass is 313 g/mol. The smallest absolute Gasteiger partial charge is 0.318 e. The van der Waals surface area contributed by atoms with Crippen LogP contribution in [0.4, 0.5) is 0 Å². The van der Waals surface area contributed by atoms with Gasteiger partial charge in [-0.25, -0.2) is 22.9 Å². The molecule has 0 unspecified atom stereocenters. The van der Waals surface area contributed by atoms with Crippen LogP contribution in [0.1, 0.15) is 0 Å². The Hall–Kier alpha value is -2.04. The molecule has 0 saturated heterocycles. The third kappa shape index (κ3) is 3.01. The molecule has 2 rings (SSSR count). The first-order valence-corrected chi connectivity index (χ1v) is 7.58. The molecule has 21 heavy (non-hydrogen) atoms. The van der Waals surface area contributed by atoms with E-state index in [9.17, 15) is 18.0 Å². The van der Waals surface area contributed by atoms with E-state index >= 15 is 0 Å². The highest BCUT2D eigenvalue weighted by Gasteiger charge is 2.16. The third-order valence-electron chi connectivity index (χ3n) is 2.91. The molecule has 0 fully saturated rings. The third-order valence-corrected chi connectivity index (χ3v) is 4.33. The molecular weight excluding hydrogens is 298 g/mol. The van der Waals surface area contributed by atoms with Gasteiger partial charge < -0.3 is 5.32 Å². The number of H-pyrrole nitrogens is 1. The van der Waals surface area contributed by atoms with Crippen LogP contribution in [0, 0.1) is 0 Å². The van der Waals surface area contributed by atoms with Crippen LogP contribution in [0.3, 0.4) is 0 Å². The van der Waals surface area contributed by atoms with Crippen molar-refractivity contribution in [3.63, 3.8) is 0 Å². The zero-order valence-corrected chi connectivity index (χ0v) is 12.3. The van der Waals surface area contributed by atoms with Crippen molar-refractivity contribution in [1.82, 2.24) is 24.6 Å². The molecule has 2 aromatic heterocycles. The maximum Gasteiger partial charge on any atom is 0.329 e. The number of nitrogens with zero attached hydrogens (tertiary/aromatic N) is 2. The van der Waals surface area contributed by atoms with Gasteiger partial charge in [-0.05, 0) is 13.1 Å². The van der Waals surface area contributed by atoms with E-state index in [1.165, 1.54) is 13.1 Å². The number of hydrogen-bond donors (Lipinski definition) is 3. The van der Waals surface area contributed by atoms with E-state index in [0.29, 0.717) is 6.54 Å². The van der Waals surface area contributed by atoms with Crippen LogP contribution in [0.25, 0.3) is 11.0 Å². The van der Waals surface area contributed by atoms with Gasteiger partial charge in [-0.2, -0.15) is 0 Å². The molecule has 0 saturated carbocycles. The number of nitrogens with one attached hydrogen (secondary N) is 3. The Morgan fingerprint density at radius 3 is 2.71 bits per heavy atom. The predicted molar refractivity (Wildman–Crippen MR) is 76.7 cm³/mol. The van der Waals surface area contributed by atoms with Crippen molar-refractivity contribution in [3.8, 4) is 0 Å². The summed E-state index contributed by atoms with van der Waals surface area (Å²) in [6.45, 7) is 0.676. The zero-order chi connectivity index (χ0) is 15.6. The van der Waals surface area contributed by atoms with Crippen LogP contribution >= 0.6 is 0 Å². The number of aromatic amines is 1. The quantitative estimate of drug-likeness (QED) is 0.555. The summed E-state index contributed by atoms with van der Waals surface area (Å²) in [5, 5.41) is 2.84. The average molecular weight is 313 g/mol. The molecule has 9 nitrogen and oxygen atoms in total. The molecule has 0 aliphatic heterocycles. The van der Waals surface area contributed by atoms with Gasteiger partial charge in [0.15, 0.2) is 0 Å². The van der Waals surface area contributed by atoms with E-state index in [1.54, 1.807) is 7.05 Å². The molecule has 0 radical (unpaired) electrons. The Kier molecular flexibility index (Phi) is 4.21. The summed E-state index contributed by atoms with van der Waals surface area (Å²) in [6.07, 6.45) is 1.11. The summed E-state index contributed by atoms with van der Waals surface area (Å²) in [5.74, 6) is 0. The Balaban J connectivity index is 2.54. The van der Waals surface area contributed by atoms with Crippen molar-refractivity contribution in [1.29, 1.82) is 0 Å². The maximum atomic E-state index is 12.1. The molecule has 0 bridgehead atoms. The van der Waals surface area contributed by atoms with Crippen LogP contribution in [-0.2, 0) is 17.1 Å². The summed E-state index contributed by atoms with van der Waals surface area (Å²) in [5.41, 5.74) is -1.16. The minimum atomic E-state index is -3.76. The van der Waals surface area contributed by atoms with E-state index in [0.717, 1.165) is 10.8 Å². The molecule has 0 atom stereocenters. The Morgan fingerprint density at radius 1 is 1.33 bits per heavy atom. The van der Waals surface area contributed by atoms with E-state index in [1.807, 2.05) is 0 Å². The fourth-order valence-corrected chi connectivity index (χ4v) is 2.76. The lowest BCUT2D eigenvalue weighted by Crippen LogP contribution is -2.31. The van der Waals surface area contributed by atoms with Crippen LogP contribution in [0.5, 0.6) is 0 Å². The van der Waals surface area contributed by atoms with Crippen molar-refractivity contribution in [3.05, 3.63) is 33.1 Å². The summed E-state index contributed by atoms with van der Waals surface area (Å²) in [7, 11) is -0.619. The first kappa shape index (κ1) is 15.4. The van der Waals surface area contributed by atoms with Gasteiger partial charge in [-0.1, -0.05) is 0 Å². The molecule has 2 heterocycles. The van der Waals surface area contributed by atoms with Crippen molar-refractivity contribution in [2.75, 3.05) is 20.1 Å². The van der Waals surface area contributed by atoms with Crippen LogP contribution < -0.4 is 21.3 Å². The van der Waals surface area contributed by atoms with Crippen LogP contribution in [0.15, 0.2) is 26.7 Å². The molecule has 0 amide bonds. The molecule has 2 aromatic rings. The number of rotatable bonds is 5. The number of sulfonamides is 1. The highest BCUT2D eigenvalue weighted by atomic mass is 32.2. The first-order chi connectivity index (χ1) is 9.86. The van der Waals surface area contributed by atoms with E-state index in [-0.39, 0.29) is 22.5 Å². The van der Waals surface area contributed by atoms with Gasteiger partial charge in [0.05, 0.1) is 5.39 Å². The van der Waals surface area contributed by atoms with Crippen molar-refractivity contribution in [2.45, 2.75) is 4.90 Å². The number of aryl methyl sites for hydroxylation is 1. The van der Waals surface area contributed by atoms with E-state index in [2.05, 4.69) is 20.0 Å². The van der Waals surface area contributed by atoms with Gasteiger partial charge in [-0.15, -0.1) is 0 Å². The summed E-state index contributed by atoms with van der Waals surface area (Å²) in [4.78, 5) is 29.1. The SMILES string of the molecule is CNCCNS(=O)(=O)c1cnc2c(c1)c(=O)[nH]c(=O)n2C. The van der Waals surface area contributed by atoms with Gasteiger partial charge in [0.2, 0.25) is 10.0 Å². The molecule has 10 heteroatoms. The lowest BCUT2D eigenvalue weighted by Gasteiger charge is -2.08. The van der Waals surface area contributed by atoms with Crippen molar-refractivity contribution in [2.24, 2.45) is 7.05 Å². The zero-order valence-electron chi connectivity index (χ0n) is 11.5. The largest absolute Gasteiger partial charge is 0.329 e. The first-order valence-electron chi connectivity index (χ1n) is 6.10. The minimum Gasteiger partial charge on any atom is -0.318 e. The lowest BCUT2D eigenvalue weighted by atomic mass is 10.3. The van der Waals surface area contributed by atoms with Gasteiger partial charge in [0.1, 0.15) is 10.5 Å².